The second-order valence-corrected chi connectivity index (χ2v) is 5.66. The molecule has 0 spiro atoms. The van der Waals surface area contributed by atoms with Gasteiger partial charge in [-0.05, 0) is 47.9 Å². The molecular formula is C16H14BrFO2. The van der Waals surface area contributed by atoms with Crippen LogP contribution in [0.4, 0.5) is 4.39 Å². The zero-order valence-electron chi connectivity index (χ0n) is 11.2. The molecule has 0 bridgehead atoms. The van der Waals surface area contributed by atoms with Crippen molar-refractivity contribution in [3.8, 4) is 11.5 Å². The van der Waals surface area contributed by atoms with Gasteiger partial charge in [0, 0.05) is 10.0 Å². The number of carbonyl (C=O) groups excluding carboxylic acids is 1. The van der Waals surface area contributed by atoms with Gasteiger partial charge in [-0.2, -0.15) is 0 Å². The minimum Gasteiger partial charge on any atom is -0.454 e. The number of aldehydes is 1. The van der Waals surface area contributed by atoms with Crippen LogP contribution in [0.2, 0.25) is 0 Å². The summed E-state index contributed by atoms with van der Waals surface area (Å²) in [6, 6.07) is 9.75. The molecule has 0 aliphatic heterocycles. The number of carbonyl (C=O) groups is 1. The Kier molecular flexibility index (Phi) is 4.55. The average Bonchev–Trinajstić information content (AvgIpc) is 2.42. The predicted molar refractivity (Wildman–Crippen MR) is 80.1 cm³/mol. The highest BCUT2D eigenvalue weighted by molar-refractivity contribution is 9.10. The van der Waals surface area contributed by atoms with Crippen molar-refractivity contribution in [2.45, 2.75) is 19.8 Å². The van der Waals surface area contributed by atoms with Crippen molar-refractivity contribution in [1.29, 1.82) is 0 Å². The normalized spacial score (nSPS) is 10.7. The number of hydrogen-bond donors (Lipinski definition) is 0. The third-order valence-corrected chi connectivity index (χ3v) is 3.40. The van der Waals surface area contributed by atoms with E-state index in [4.69, 9.17) is 4.74 Å². The molecule has 0 amide bonds. The summed E-state index contributed by atoms with van der Waals surface area (Å²) in [7, 11) is 0. The first-order valence-corrected chi connectivity index (χ1v) is 7.02. The van der Waals surface area contributed by atoms with Gasteiger partial charge in [0.25, 0.3) is 0 Å². The lowest BCUT2D eigenvalue weighted by atomic mass is 10.0. The second kappa shape index (κ2) is 6.18. The molecule has 2 aromatic rings. The SMILES string of the molecule is CC(C)c1cc(Br)ccc1Oc1ccc(C=O)cc1F. The van der Waals surface area contributed by atoms with Crippen molar-refractivity contribution in [2.75, 3.05) is 0 Å². The summed E-state index contributed by atoms with van der Waals surface area (Å²) >= 11 is 3.41. The molecule has 0 saturated heterocycles. The summed E-state index contributed by atoms with van der Waals surface area (Å²) in [6.07, 6.45) is 0.603. The first-order chi connectivity index (χ1) is 9.51. The maximum absolute atomic E-state index is 13.8. The number of halogens is 2. The fraction of sp³-hybridized carbons (Fsp3) is 0.188. The summed E-state index contributed by atoms with van der Waals surface area (Å²) in [4.78, 5) is 10.6. The Labute approximate surface area is 125 Å². The number of ether oxygens (including phenoxy) is 1. The Hall–Kier alpha value is -1.68. The lowest BCUT2D eigenvalue weighted by Gasteiger charge is -2.14. The lowest BCUT2D eigenvalue weighted by molar-refractivity contribution is 0.112. The molecule has 2 rings (SSSR count). The molecule has 0 aromatic heterocycles. The van der Waals surface area contributed by atoms with Crippen LogP contribution in [-0.4, -0.2) is 6.29 Å². The Morgan fingerprint density at radius 2 is 1.85 bits per heavy atom. The van der Waals surface area contributed by atoms with E-state index in [-0.39, 0.29) is 17.2 Å². The van der Waals surface area contributed by atoms with Crippen LogP contribution in [0, 0.1) is 5.82 Å². The molecule has 104 valence electrons. The molecule has 2 aromatic carbocycles. The minimum absolute atomic E-state index is 0.111. The maximum atomic E-state index is 13.8. The molecule has 0 heterocycles. The zero-order chi connectivity index (χ0) is 14.7. The van der Waals surface area contributed by atoms with Crippen molar-refractivity contribution in [3.63, 3.8) is 0 Å². The van der Waals surface area contributed by atoms with E-state index in [1.807, 2.05) is 26.0 Å². The fourth-order valence-electron chi connectivity index (χ4n) is 1.86. The van der Waals surface area contributed by atoms with Gasteiger partial charge in [-0.25, -0.2) is 4.39 Å². The molecular weight excluding hydrogens is 323 g/mol. The highest BCUT2D eigenvalue weighted by Crippen LogP contribution is 2.33. The summed E-state index contributed by atoms with van der Waals surface area (Å²) in [5.74, 6) is 0.424. The third-order valence-electron chi connectivity index (χ3n) is 2.91. The topological polar surface area (TPSA) is 26.3 Å². The van der Waals surface area contributed by atoms with E-state index in [0.717, 1.165) is 16.1 Å². The van der Waals surface area contributed by atoms with E-state index in [9.17, 15) is 9.18 Å². The number of hydrogen-bond acceptors (Lipinski definition) is 2. The predicted octanol–water partition coefficient (Wildman–Crippen LogP) is 5.32. The zero-order valence-corrected chi connectivity index (χ0v) is 12.8. The number of rotatable bonds is 4. The van der Waals surface area contributed by atoms with E-state index in [0.29, 0.717) is 12.0 Å². The van der Waals surface area contributed by atoms with Crippen LogP contribution >= 0.6 is 15.9 Å². The van der Waals surface area contributed by atoms with Gasteiger partial charge in [-0.1, -0.05) is 29.8 Å². The molecule has 2 nitrogen and oxygen atoms in total. The Morgan fingerprint density at radius 1 is 1.15 bits per heavy atom. The third kappa shape index (κ3) is 3.25. The summed E-state index contributed by atoms with van der Waals surface area (Å²) < 4.78 is 20.4. The smallest absolute Gasteiger partial charge is 0.166 e. The summed E-state index contributed by atoms with van der Waals surface area (Å²) in [5, 5.41) is 0. The van der Waals surface area contributed by atoms with Crippen LogP contribution < -0.4 is 4.74 Å². The van der Waals surface area contributed by atoms with Crippen molar-refractivity contribution < 1.29 is 13.9 Å². The largest absolute Gasteiger partial charge is 0.454 e. The van der Waals surface area contributed by atoms with Crippen molar-refractivity contribution in [3.05, 3.63) is 57.8 Å². The van der Waals surface area contributed by atoms with Crippen LogP contribution in [0.15, 0.2) is 40.9 Å². The first kappa shape index (κ1) is 14.7. The molecule has 4 heteroatoms. The Balaban J connectivity index is 2.37. The van der Waals surface area contributed by atoms with Gasteiger partial charge in [-0.3, -0.25) is 4.79 Å². The van der Waals surface area contributed by atoms with Gasteiger partial charge in [-0.15, -0.1) is 0 Å². The minimum atomic E-state index is -0.549. The van der Waals surface area contributed by atoms with E-state index >= 15 is 0 Å². The molecule has 0 radical (unpaired) electrons. The van der Waals surface area contributed by atoms with Crippen molar-refractivity contribution >= 4 is 22.2 Å². The molecule has 0 aliphatic rings. The molecule has 0 atom stereocenters. The monoisotopic (exact) mass is 336 g/mol. The highest BCUT2D eigenvalue weighted by atomic mass is 79.9. The van der Waals surface area contributed by atoms with Crippen LogP contribution in [0.3, 0.4) is 0 Å². The molecule has 20 heavy (non-hydrogen) atoms. The molecule has 0 unspecified atom stereocenters. The summed E-state index contributed by atoms with van der Waals surface area (Å²) in [5.41, 5.74) is 1.27. The van der Waals surface area contributed by atoms with E-state index < -0.39 is 5.82 Å². The quantitative estimate of drug-likeness (QED) is 0.706. The van der Waals surface area contributed by atoms with Gasteiger partial charge in [0.1, 0.15) is 12.0 Å². The van der Waals surface area contributed by atoms with Crippen LogP contribution in [0.25, 0.3) is 0 Å². The molecule has 0 fully saturated rings. The van der Waals surface area contributed by atoms with Gasteiger partial charge in [0.05, 0.1) is 0 Å². The molecule has 0 aliphatic carbocycles. The Bertz CT molecular complexity index is 638. The van der Waals surface area contributed by atoms with Gasteiger partial charge in [0.15, 0.2) is 11.6 Å². The average molecular weight is 337 g/mol. The molecule has 0 saturated carbocycles. The van der Waals surface area contributed by atoms with Crippen LogP contribution in [0.1, 0.15) is 35.7 Å². The van der Waals surface area contributed by atoms with E-state index in [2.05, 4.69) is 15.9 Å². The van der Waals surface area contributed by atoms with Crippen molar-refractivity contribution in [2.24, 2.45) is 0 Å². The lowest BCUT2D eigenvalue weighted by Crippen LogP contribution is -1.96. The second-order valence-electron chi connectivity index (χ2n) is 4.75. The van der Waals surface area contributed by atoms with E-state index in [1.54, 1.807) is 6.07 Å². The van der Waals surface area contributed by atoms with Crippen LogP contribution in [-0.2, 0) is 0 Å². The van der Waals surface area contributed by atoms with Gasteiger partial charge < -0.3 is 4.74 Å². The summed E-state index contributed by atoms with van der Waals surface area (Å²) in [6.45, 7) is 4.08. The van der Waals surface area contributed by atoms with Gasteiger partial charge >= 0.3 is 0 Å². The van der Waals surface area contributed by atoms with E-state index in [1.165, 1.54) is 12.1 Å². The first-order valence-electron chi connectivity index (χ1n) is 6.23. The van der Waals surface area contributed by atoms with Gasteiger partial charge in [0.2, 0.25) is 0 Å². The Morgan fingerprint density at radius 3 is 2.45 bits per heavy atom. The molecule has 0 N–H and O–H groups in total. The van der Waals surface area contributed by atoms with Crippen molar-refractivity contribution in [1.82, 2.24) is 0 Å². The fourth-order valence-corrected chi connectivity index (χ4v) is 2.23. The number of benzene rings is 2. The highest BCUT2D eigenvalue weighted by Gasteiger charge is 2.12. The maximum Gasteiger partial charge on any atom is 0.166 e. The standard InChI is InChI=1S/C16H14BrFO2/c1-10(2)13-8-12(17)4-6-15(13)20-16-5-3-11(9-19)7-14(16)18/h3-10H,1-2H3. The van der Waals surface area contributed by atoms with Crippen LogP contribution in [0.5, 0.6) is 11.5 Å².